The van der Waals surface area contributed by atoms with Crippen LogP contribution in [0.4, 0.5) is 0 Å². The number of H-pyrrole nitrogens is 1. The van der Waals surface area contributed by atoms with Crippen molar-refractivity contribution in [2.45, 2.75) is 39.8 Å². The van der Waals surface area contributed by atoms with Gasteiger partial charge in [0.2, 0.25) is 0 Å². The van der Waals surface area contributed by atoms with Gasteiger partial charge in [0.15, 0.2) is 11.5 Å². The monoisotopic (exact) mass is 507 g/mol. The number of nitrogens with zero attached hydrogens (tertiary/aromatic N) is 1. The first kappa shape index (κ1) is 23.3. The number of halogens is 1. The number of rotatable bonds is 11. The van der Waals surface area contributed by atoms with E-state index >= 15 is 0 Å². The third-order valence-corrected chi connectivity index (χ3v) is 6.19. The first-order valence-electron chi connectivity index (χ1n) is 11.4. The molecule has 0 atom stereocenters. The number of para-hydroxylation sites is 2. The zero-order valence-corrected chi connectivity index (χ0v) is 20.7. The van der Waals surface area contributed by atoms with E-state index in [0.29, 0.717) is 13.2 Å². The van der Waals surface area contributed by atoms with E-state index in [-0.39, 0.29) is 0 Å². The van der Waals surface area contributed by atoms with Gasteiger partial charge in [-0.3, -0.25) is 0 Å². The summed E-state index contributed by atoms with van der Waals surface area (Å²) < 4.78 is 13.0. The number of aromatic amines is 1. The van der Waals surface area contributed by atoms with Crippen molar-refractivity contribution in [2.24, 2.45) is 0 Å². The molecular formula is C27H30BrN3O2. The number of benzene rings is 3. The Balaban J connectivity index is 1.31. The molecule has 4 rings (SSSR count). The van der Waals surface area contributed by atoms with Crippen LogP contribution in [0.1, 0.15) is 35.9 Å². The summed E-state index contributed by atoms with van der Waals surface area (Å²) in [4.78, 5) is 8.04. The molecule has 6 heteroatoms. The van der Waals surface area contributed by atoms with Crippen LogP contribution in [0.2, 0.25) is 0 Å². The summed E-state index contributed by atoms with van der Waals surface area (Å²) >= 11 is 3.70. The van der Waals surface area contributed by atoms with Crippen molar-refractivity contribution in [1.82, 2.24) is 15.3 Å². The van der Waals surface area contributed by atoms with Crippen molar-refractivity contribution in [3.8, 4) is 11.5 Å². The van der Waals surface area contributed by atoms with Gasteiger partial charge >= 0.3 is 0 Å². The van der Waals surface area contributed by atoms with Gasteiger partial charge in [0.05, 0.1) is 17.6 Å². The molecule has 0 bridgehead atoms. The summed E-state index contributed by atoms with van der Waals surface area (Å²) in [7, 11) is 0. The number of ether oxygens (including phenoxy) is 2. The summed E-state index contributed by atoms with van der Waals surface area (Å²) in [5, 5.41) is 3.53. The van der Waals surface area contributed by atoms with Crippen LogP contribution in [0.15, 0.2) is 65.1 Å². The highest BCUT2D eigenvalue weighted by atomic mass is 79.9. The SMILES string of the molecule is CCOc1cc(CNCCCc2nc3ccccc3[nH]2)c(Br)cc1OCc1ccc(C)cc1. The highest BCUT2D eigenvalue weighted by molar-refractivity contribution is 9.10. The highest BCUT2D eigenvalue weighted by Gasteiger charge is 2.11. The second kappa shape index (κ2) is 11.3. The molecule has 0 spiro atoms. The molecular weight excluding hydrogens is 478 g/mol. The van der Waals surface area contributed by atoms with Gasteiger partial charge in [0.1, 0.15) is 12.4 Å². The largest absolute Gasteiger partial charge is 0.490 e. The van der Waals surface area contributed by atoms with Crippen LogP contribution >= 0.6 is 15.9 Å². The summed E-state index contributed by atoms with van der Waals surface area (Å²) in [6.07, 6.45) is 1.92. The normalized spacial score (nSPS) is 11.1. The van der Waals surface area contributed by atoms with Gasteiger partial charge in [0, 0.05) is 17.4 Å². The Kier molecular flexibility index (Phi) is 8.02. The van der Waals surface area contributed by atoms with Crippen LogP contribution in [0.25, 0.3) is 11.0 Å². The van der Waals surface area contributed by atoms with Crippen molar-refractivity contribution in [3.63, 3.8) is 0 Å². The van der Waals surface area contributed by atoms with Crippen LogP contribution in [0, 0.1) is 6.92 Å². The molecule has 2 N–H and O–H groups in total. The number of hydrogen-bond acceptors (Lipinski definition) is 4. The molecule has 172 valence electrons. The molecule has 4 aromatic rings. The average Bonchev–Trinajstić information content (AvgIpc) is 3.23. The fraction of sp³-hybridized carbons (Fsp3) is 0.296. The van der Waals surface area contributed by atoms with E-state index in [4.69, 9.17) is 9.47 Å². The number of imidazole rings is 1. The molecule has 3 aromatic carbocycles. The molecule has 0 aliphatic rings. The van der Waals surface area contributed by atoms with Crippen molar-refractivity contribution < 1.29 is 9.47 Å². The number of fused-ring (bicyclic) bond motifs is 1. The number of hydrogen-bond donors (Lipinski definition) is 2. The number of aryl methyl sites for hydroxylation is 2. The van der Waals surface area contributed by atoms with Crippen molar-refractivity contribution >= 4 is 27.0 Å². The Bertz CT molecular complexity index is 1150. The second-order valence-electron chi connectivity index (χ2n) is 8.08. The minimum Gasteiger partial charge on any atom is -0.490 e. The summed E-state index contributed by atoms with van der Waals surface area (Å²) in [6, 6.07) is 20.6. The summed E-state index contributed by atoms with van der Waals surface area (Å²) in [5.74, 6) is 2.55. The van der Waals surface area contributed by atoms with Gasteiger partial charge < -0.3 is 19.8 Å². The Labute approximate surface area is 203 Å². The van der Waals surface area contributed by atoms with Crippen LogP contribution in [-0.4, -0.2) is 23.1 Å². The maximum Gasteiger partial charge on any atom is 0.162 e. The molecule has 1 heterocycles. The Morgan fingerprint density at radius 1 is 1.00 bits per heavy atom. The summed E-state index contributed by atoms with van der Waals surface area (Å²) in [5.41, 5.74) is 5.64. The minimum absolute atomic E-state index is 0.506. The average molecular weight is 508 g/mol. The Morgan fingerprint density at radius 2 is 1.79 bits per heavy atom. The topological polar surface area (TPSA) is 59.2 Å². The van der Waals surface area contributed by atoms with Crippen molar-refractivity contribution in [3.05, 3.63) is 87.7 Å². The zero-order chi connectivity index (χ0) is 23.0. The van der Waals surface area contributed by atoms with E-state index in [1.165, 1.54) is 5.56 Å². The fourth-order valence-corrected chi connectivity index (χ4v) is 4.13. The molecule has 0 saturated carbocycles. The predicted molar refractivity (Wildman–Crippen MR) is 137 cm³/mol. The van der Waals surface area contributed by atoms with E-state index < -0.39 is 0 Å². The molecule has 0 aliphatic carbocycles. The molecule has 0 fully saturated rings. The predicted octanol–water partition coefficient (Wildman–Crippen LogP) is 6.33. The lowest BCUT2D eigenvalue weighted by atomic mass is 10.1. The van der Waals surface area contributed by atoms with Gasteiger partial charge in [-0.05, 0) is 62.2 Å². The standard InChI is InChI=1S/C27H30BrN3O2/c1-3-32-25-15-21(22(28)16-26(25)33-18-20-12-10-19(2)11-13-20)17-29-14-6-9-27-30-23-7-4-5-8-24(23)31-27/h4-5,7-8,10-13,15-16,29H,3,6,9,14,17-18H2,1-2H3,(H,30,31). The third kappa shape index (κ3) is 6.36. The van der Waals surface area contributed by atoms with Crippen LogP contribution in [0.3, 0.4) is 0 Å². The van der Waals surface area contributed by atoms with E-state index in [0.717, 1.165) is 69.9 Å². The molecule has 0 unspecified atom stereocenters. The maximum absolute atomic E-state index is 6.08. The molecule has 0 amide bonds. The molecule has 0 aliphatic heterocycles. The number of aromatic nitrogens is 2. The van der Waals surface area contributed by atoms with Crippen LogP contribution in [0.5, 0.6) is 11.5 Å². The van der Waals surface area contributed by atoms with Gasteiger partial charge in [-0.1, -0.05) is 57.9 Å². The lowest BCUT2D eigenvalue weighted by Gasteiger charge is -2.15. The van der Waals surface area contributed by atoms with Gasteiger partial charge in [0.25, 0.3) is 0 Å². The van der Waals surface area contributed by atoms with Gasteiger partial charge in [-0.2, -0.15) is 0 Å². The third-order valence-electron chi connectivity index (χ3n) is 5.45. The highest BCUT2D eigenvalue weighted by Crippen LogP contribution is 2.34. The van der Waals surface area contributed by atoms with Gasteiger partial charge in [-0.25, -0.2) is 4.98 Å². The lowest BCUT2D eigenvalue weighted by Crippen LogP contribution is -2.16. The quantitative estimate of drug-likeness (QED) is 0.232. The maximum atomic E-state index is 6.08. The van der Waals surface area contributed by atoms with E-state index in [9.17, 15) is 0 Å². The van der Waals surface area contributed by atoms with E-state index in [1.807, 2.05) is 31.2 Å². The van der Waals surface area contributed by atoms with Gasteiger partial charge in [-0.15, -0.1) is 0 Å². The van der Waals surface area contributed by atoms with Crippen molar-refractivity contribution in [1.29, 1.82) is 0 Å². The summed E-state index contributed by atoms with van der Waals surface area (Å²) in [6.45, 7) is 6.82. The minimum atomic E-state index is 0.506. The van der Waals surface area contributed by atoms with Crippen LogP contribution in [-0.2, 0) is 19.6 Å². The lowest BCUT2D eigenvalue weighted by molar-refractivity contribution is 0.269. The molecule has 0 radical (unpaired) electrons. The first-order valence-corrected chi connectivity index (χ1v) is 12.2. The number of nitrogens with one attached hydrogen (secondary N) is 2. The first-order chi connectivity index (χ1) is 16.1. The zero-order valence-electron chi connectivity index (χ0n) is 19.2. The van der Waals surface area contributed by atoms with Crippen LogP contribution < -0.4 is 14.8 Å². The Morgan fingerprint density at radius 3 is 2.58 bits per heavy atom. The van der Waals surface area contributed by atoms with Crippen molar-refractivity contribution in [2.75, 3.05) is 13.2 Å². The smallest absolute Gasteiger partial charge is 0.162 e. The Hall–Kier alpha value is -2.83. The molecule has 0 saturated heterocycles. The molecule has 5 nitrogen and oxygen atoms in total. The second-order valence-corrected chi connectivity index (χ2v) is 8.93. The fourth-order valence-electron chi connectivity index (χ4n) is 3.67. The van der Waals surface area contributed by atoms with E-state index in [2.05, 4.69) is 74.5 Å². The molecule has 1 aromatic heterocycles. The van der Waals surface area contributed by atoms with E-state index in [1.54, 1.807) is 0 Å². The molecule has 33 heavy (non-hydrogen) atoms.